The van der Waals surface area contributed by atoms with E-state index in [1.807, 2.05) is 26.8 Å². The van der Waals surface area contributed by atoms with Crippen LogP contribution in [0.25, 0.3) is 0 Å². The number of ether oxygens (including phenoxy) is 1. The van der Waals surface area contributed by atoms with Gasteiger partial charge in [0.05, 0.1) is 12.9 Å². The molecule has 1 aromatic carbocycles. The van der Waals surface area contributed by atoms with E-state index in [2.05, 4.69) is 17.9 Å². The fourth-order valence-electron chi connectivity index (χ4n) is 1.63. The zero-order valence-corrected chi connectivity index (χ0v) is 10.9. The van der Waals surface area contributed by atoms with Gasteiger partial charge in [-0.1, -0.05) is 0 Å². The van der Waals surface area contributed by atoms with Crippen LogP contribution in [0.1, 0.15) is 16.7 Å². The zero-order valence-electron chi connectivity index (χ0n) is 10.0. The van der Waals surface area contributed by atoms with Crippen molar-refractivity contribution in [2.45, 2.75) is 20.8 Å². The highest BCUT2D eigenvalue weighted by molar-refractivity contribution is 7.81. The molecule has 1 amide bonds. The van der Waals surface area contributed by atoms with Gasteiger partial charge in [0.1, 0.15) is 5.75 Å². The van der Waals surface area contributed by atoms with Gasteiger partial charge in [-0.2, -0.15) is 12.6 Å². The topological polar surface area (TPSA) is 38.3 Å². The molecule has 1 N–H and O–H groups in total. The van der Waals surface area contributed by atoms with E-state index in [4.69, 9.17) is 4.74 Å². The lowest BCUT2D eigenvalue weighted by molar-refractivity contribution is -0.113. The van der Waals surface area contributed by atoms with Crippen LogP contribution in [-0.4, -0.2) is 18.8 Å². The summed E-state index contributed by atoms with van der Waals surface area (Å²) in [5.41, 5.74) is 3.93. The largest absolute Gasteiger partial charge is 0.496 e. The van der Waals surface area contributed by atoms with E-state index in [0.29, 0.717) is 0 Å². The van der Waals surface area contributed by atoms with E-state index in [1.165, 1.54) is 0 Å². The summed E-state index contributed by atoms with van der Waals surface area (Å²) in [5.74, 6) is 0.933. The molecular weight excluding hydrogens is 222 g/mol. The normalized spacial score (nSPS) is 10.1. The van der Waals surface area contributed by atoms with Crippen molar-refractivity contribution in [1.29, 1.82) is 0 Å². The van der Waals surface area contributed by atoms with E-state index in [-0.39, 0.29) is 11.7 Å². The highest BCUT2D eigenvalue weighted by Gasteiger charge is 2.12. The molecule has 4 heteroatoms. The molecule has 0 unspecified atom stereocenters. The lowest BCUT2D eigenvalue weighted by atomic mass is 10.0. The summed E-state index contributed by atoms with van der Waals surface area (Å²) in [7, 11) is 1.65. The second-order valence-corrected chi connectivity index (χ2v) is 4.04. The number of hydrogen-bond acceptors (Lipinski definition) is 3. The average molecular weight is 239 g/mol. The molecule has 88 valence electrons. The van der Waals surface area contributed by atoms with Gasteiger partial charge < -0.3 is 10.1 Å². The van der Waals surface area contributed by atoms with Crippen LogP contribution in [0, 0.1) is 20.8 Å². The van der Waals surface area contributed by atoms with Gasteiger partial charge in [0.25, 0.3) is 0 Å². The lowest BCUT2D eigenvalue weighted by Crippen LogP contribution is -2.15. The predicted molar refractivity (Wildman–Crippen MR) is 69.7 cm³/mol. The molecule has 0 fully saturated rings. The fourth-order valence-corrected chi connectivity index (χ4v) is 1.71. The Morgan fingerprint density at radius 1 is 1.38 bits per heavy atom. The lowest BCUT2D eigenvalue weighted by Gasteiger charge is -2.16. The van der Waals surface area contributed by atoms with Gasteiger partial charge >= 0.3 is 0 Å². The molecule has 0 aliphatic carbocycles. The number of methoxy groups -OCH3 is 1. The first-order chi connectivity index (χ1) is 7.51. The SMILES string of the molecule is COc1cc(C)c(NC(=O)CS)c(C)c1C. The van der Waals surface area contributed by atoms with Crippen molar-refractivity contribution in [2.75, 3.05) is 18.2 Å². The maximum atomic E-state index is 11.3. The number of hydrogen-bond donors (Lipinski definition) is 2. The van der Waals surface area contributed by atoms with Gasteiger partial charge in [-0.15, -0.1) is 0 Å². The number of benzene rings is 1. The van der Waals surface area contributed by atoms with E-state index in [1.54, 1.807) is 7.11 Å². The minimum atomic E-state index is -0.0981. The number of rotatable bonds is 3. The molecule has 0 aliphatic rings. The molecule has 0 saturated heterocycles. The quantitative estimate of drug-likeness (QED) is 0.795. The Balaban J connectivity index is 3.20. The number of aryl methyl sites for hydroxylation is 1. The average Bonchev–Trinajstić information content (AvgIpc) is 2.28. The zero-order chi connectivity index (χ0) is 12.3. The van der Waals surface area contributed by atoms with E-state index < -0.39 is 0 Å². The van der Waals surface area contributed by atoms with Crippen LogP contribution in [0.4, 0.5) is 5.69 Å². The summed E-state index contributed by atoms with van der Waals surface area (Å²) in [4.78, 5) is 11.3. The molecule has 0 aromatic heterocycles. The molecule has 3 nitrogen and oxygen atoms in total. The van der Waals surface area contributed by atoms with Gasteiger partial charge in [-0.25, -0.2) is 0 Å². The molecule has 0 saturated carbocycles. The molecule has 0 heterocycles. The Hall–Kier alpha value is -1.16. The third kappa shape index (κ3) is 2.50. The molecular formula is C12H17NO2S. The molecule has 0 aliphatic heterocycles. The smallest absolute Gasteiger partial charge is 0.234 e. The van der Waals surface area contributed by atoms with Crippen molar-refractivity contribution < 1.29 is 9.53 Å². The Bertz CT molecular complexity index is 416. The number of amides is 1. The van der Waals surface area contributed by atoms with E-state index >= 15 is 0 Å². The molecule has 1 aromatic rings. The van der Waals surface area contributed by atoms with Crippen molar-refractivity contribution in [3.8, 4) is 5.75 Å². The predicted octanol–water partition coefficient (Wildman–Crippen LogP) is 2.49. The Labute approximate surface area is 102 Å². The summed E-state index contributed by atoms with van der Waals surface area (Å²) in [5, 5.41) is 2.85. The number of carbonyl (C=O) groups excluding carboxylic acids is 1. The maximum absolute atomic E-state index is 11.3. The monoisotopic (exact) mass is 239 g/mol. The minimum absolute atomic E-state index is 0.0981. The molecule has 0 atom stereocenters. The first-order valence-corrected chi connectivity index (χ1v) is 5.70. The van der Waals surface area contributed by atoms with Crippen LogP contribution in [-0.2, 0) is 4.79 Å². The van der Waals surface area contributed by atoms with Crippen LogP contribution < -0.4 is 10.1 Å². The number of thiol groups is 1. The van der Waals surface area contributed by atoms with Crippen molar-refractivity contribution >= 4 is 24.2 Å². The Kier molecular flexibility index (Phi) is 4.24. The molecule has 16 heavy (non-hydrogen) atoms. The molecule has 0 spiro atoms. The minimum Gasteiger partial charge on any atom is -0.496 e. The fraction of sp³-hybridized carbons (Fsp3) is 0.417. The van der Waals surface area contributed by atoms with Crippen molar-refractivity contribution in [3.05, 3.63) is 22.8 Å². The Morgan fingerprint density at radius 2 is 2.00 bits per heavy atom. The summed E-state index contributed by atoms with van der Waals surface area (Å²) in [6.45, 7) is 5.89. The van der Waals surface area contributed by atoms with Crippen LogP contribution in [0.5, 0.6) is 5.75 Å². The van der Waals surface area contributed by atoms with Crippen LogP contribution in [0.3, 0.4) is 0 Å². The van der Waals surface area contributed by atoms with E-state index in [9.17, 15) is 4.79 Å². The Morgan fingerprint density at radius 3 is 2.50 bits per heavy atom. The first kappa shape index (κ1) is 12.9. The molecule has 0 bridgehead atoms. The van der Waals surface area contributed by atoms with Crippen molar-refractivity contribution in [3.63, 3.8) is 0 Å². The second kappa shape index (κ2) is 5.25. The first-order valence-electron chi connectivity index (χ1n) is 5.06. The van der Waals surface area contributed by atoms with Crippen LogP contribution in [0.15, 0.2) is 6.07 Å². The maximum Gasteiger partial charge on any atom is 0.234 e. The summed E-state index contributed by atoms with van der Waals surface area (Å²) >= 11 is 3.94. The van der Waals surface area contributed by atoms with Crippen LogP contribution in [0.2, 0.25) is 0 Å². The third-order valence-corrected chi connectivity index (χ3v) is 2.96. The second-order valence-electron chi connectivity index (χ2n) is 3.73. The number of carbonyl (C=O) groups is 1. The van der Waals surface area contributed by atoms with Crippen molar-refractivity contribution in [2.24, 2.45) is 0 Å². The molecule has 0 radical (unpaired) electrons. The highest BCUT2D eigenvalue weighted by Crippen LogP contribution is 2.30. The van der Waals surface area contributed by atoms with Crippen molar-refractivity contribution in [1.82, 2.24) is 0 Å². The standard InChI is InChI=1S/C12H17NO2S/c1-7-5-10(15-4)8(2)9(3)12(7)13-11(14)6-16/h5,16H,6H2,1-4H3,(H,13,14). The summed E-state index contributed by atoms with van der Waals surface area (Å²) in [6, 6.07) is 1.93. The summed E-state index contributed by atoms with van der Waals surface area (Å²) < 4.78 is 5.27. The number of nitrogens with one attached hydrogen (secondary N) is 1. The summed E-state index contributed by atoms with van der Waals surface area (Å²) in [6.07, 6.45) is 0. The van der Waals surface area contributed by atoms with Crippen LogP contribution >= 0.6 is 12.6 Å². The van der Waals surface area contributed by atoms with Gasteiger partial charge in [0.2, 0.25) is 5.91 Å². The number of anilines is 1. The van der Waals surface area contributed by atoms with Gasteiger partial charge in [-0.3, -0.25) is 4.79 Å². The third-order valence-electron chi connectivity index (χ3n) is 2.68. The van der Waals surface area contributed by atoms with Gasteiger partial charge in [-0.05, 0) is 43.5 Å². The highest BCUT2D eigenvalue weighted by atomic mass is 32.1. The molecule has 1 rings (SSSR count). The van der Waals surface area contributed by atoms with Gasteiger partial charge in [0, 0.05) is 5.69 Å². The van der Waals surface area contributed by atoms with Gasteiger partial charge in [0.15, 0.2) is 0 Å². The van der Waals surface area contributed by atoms with E-state index in [0.717, 1.165) is 28.1 Å².